The summed E-state index contributed by atoms with van der Waals surface area (Å²) in [5, 5.41) is 4.38. The molecule has 0 saturated heterocycles. The number of aromatic nitrogens is 1. The van der Waals surface area contributed by atoms with Gasteiger partial charge in [0, 0.05) is 22.3 Å². The number of fused-ring (bicyclic) bond motifs is 5. The summed E-state index contributed by atoms with van der Waals surface area (Å²) in [5.74, 6) is -0.280. The van der Waals surface area contributed by atoms with Gasteiger partial charge < -0.3 is 14.8 Å². The minimum atomic E-state index is -0.338. The molecule has 0 fully saturated rings. The quantitative estimate of drug-likeness (QED) is 0.318. The summed E-state index contributed by atoms with van der Waals surface area (Å²) in [4.78, 5) is 17.3. The summed E-state index contributed by atoms with van der Waals surface area (Å²) < 4.78 is 16.1. The van der Waals surface area contributed by atoms with Gasteiger partial charge in [0.2, 0.25) is 0 Å². The van der Waals surface area contributed by atoms with Crippen molar-refractivity contribution in [2.24, 2.45) is 0 Å². The molecule has 6 heteroatoms. The van der Waals surface area contributed by atoms with E-state index in [4.69, 9.17) is 0 Å². The van der Waals surface area contributed by atoms with Crippen molar-refractivity contribution in [3.05, 3.63) is 105 Å². The van der Waals surface area contributed by atoms with Crippen molar-refractivity contribution in [3.63, 3.8) is 0 Å². The van der Waals surface area contributed by atoms with Crippen LogP contribution in [-0.2, 0) is 19.4 Å². The second-order valence-corrected chi connectivity index (χ2v) is 10.8. The second-order valence-electron chi connectivity index (χ2n) is 9.69. The van der Waals surface area contributed by atoms with Gasteiger partial charge in [0.1, 0.15) is 10.8 Å². The summed E-state index contributed by atoms with van der Waals surface area (Å²) in [6.07, 6.45) is 6.67. The third-order valence-corrected chi connectivity index (χ3v) is 8.43. The molecule has 2 aromatic carbocycles. The minimum Gasteiger partial charge on any atom is -0.310 e. The predicted molar refractivity (Wildman–Crippen MR) is 139 cm³/mol. The van der Waals surface area contributed by atoms with Crippen molar-refractivity contribution in [3.8, 4) is 5.00 Å². The first-order valence-electron chi connectivity index (χ1n) is 12.2. The molecule has 2 aliphatic rings. The van der Waals surface area contributed by atoms with E-state index in [0.717, 1.165) is 40.9 Å². The Morgan fingerprint density at radius 3 is 2.51 bits per heavy atom. The Morgan fingerprint density at radius 2 is 1.74 bits per heavy atom. The summed E-state index contributed by atoms with van der Waals surface area (Å²) in [6.45, 7) is 4.58. The fourth-order valence-electron chi connectivity index (χ4n) is 5.62. The zero-order valence-electron chi connectivity index (χ0n) is 20.0. The van der Waals surface area contributed by atoms with E-state index in [9.17, 15) is 9.18 Å². The van der Waals surface area contributed by atoms with Crippen molar-refractivity contribution in [2.75, 3.05) is 5.32 Å². The first kappa shape index (κ1) is 22.1. The number of halogens is 1. The standard InChI is InChI=1S/C29H28FN3OS/c1-18-14-19(2)16-22(15-18)31-29(34)33-17-24-23-6-3-4-8-26(23)35-28(24)32-13-5-7-25(32)27(33)20-9-11-21(30)12-10-20/h5,7,9-16,27H,3-4,6,8,17H2,1-2H3,(H,31,34). The van der Waals surface area contributed by atoms with E-state index >= 15 is 0 Å². The highest BCUT2D eigenvalue weighted by molar-refractivity contribution is 7.15. The normalized spacial score (nSPS) is 16.8. The van der Waals surface area contributed by atoms with Gasteiger partial charge in [0.25, 0.3) is 0 Å². The van der Waals surface area contributed by atoms with Crippen molar-refractivity contribution in [1.29, 1.82) is 0 Å². The number of carbonyl (C=O) groups excluding carboxylic acids is 1. The molecule has 1 atom stereocenters. The molecule has 4 aromatic rings. The lowest BCUT2D eigenvalue weighted by molar-refractivity contribution is 0.194. The van der Waals surface area contributed by atoms with Crippen molar-refractivity contribution in [1.82, 2.24) is 9.47 Å². The maximum Gasteiger partial charge on any atom is 0.322 e. The molecule has 0 radical (unpaired) electrons. The van der Waals surface area contributed by atoms with Crippen LogP contribution in [0.15, 0.2) is 60.8 Å². The van der Waals surface area contributed by atoms with Gasteiger partial charge in [-0.1, -0.05) is 18.2 Å². The van der Waals surface area contributed by atoms with Gasteiger partial charge in [-0.25, -0.2) is 9.18 Å². The van der Waals surface area contributed by atoms with Gasteiger partial charge in [-0.3, -0.25) is 0 Å². The Morgan fingerprint density at radius 1 is 1.00 bits per heavy atom. The van der Waals surface area contributed by atoms with Crippen LogP contribution in [0.5, 0.6) is 0 Å². The molecule has 0 bridgehead atoms. The number of hydrogen-bond acceptors (Lipinski definition) is 2. The number of urea groups is 1. The Bertz CT molecular complexity index is 1400. The monoisotopic (exact) mass is 485 g/mol. The van der Waals surface area contributed by atoms with Crippen LogP contribution >= 0.6 is 11.3 Å². The number of amides is 2. The highest BCUT2D eigenvalue weighted by Gasteiger charge is 2.36. The number of benzene rings is 2. The van der Waals surface area contributed by atoms with Gasteiger partial charge in [-0.05, 0) is 98.2 Å². The van der Waals surface area contributed by atoms with E-state index in [-0.39, 0.29) is 17.9 Å². The number of aryl methyl sites for hydroxylation is 3. The van der Waals surface area contributed by atoms with E-state index < -0.39 is 0 Å². The fraction of sp³-hybridized carbons (Fsp3) is 0.276. The molecule has 0 spiro atoms. The number of anilines is 1. The molecule has 1 aliphatic heterocycles. The van der Waals surface area contributed by atoms with Crippen LogP contribution in [0.2, 0.25) is 0 Å². The van der Waals surface area contributed by atoms with Crippen LogP contribution in [0.4, 0.5) is 14.9 Å². The highest BCUT2D eigenvalue weighted by atomic mass is 32.1. The van der Waals surface area contributed by atoms with Crippen LogP contribution < -0.4 is 5.32 Å². The molecule has 4 nitrogen and oxygen atoms in total. The van der Waals surface area contributed by atoms with E-state index in [2.05, 4.69) is 28.2 Å². The summed E-state index contributed by atoms with van der Waals surface area (Å²) >= 11 is 1.86. The van der Waals surface area contributed by atoms with Crippen LogP contribution in [-0.4, -0.2) is 15.5 Å². The lowest BCUT2D eigenvalue weighted by atomic mass is 9.95. The molecule has 6 rings (SSSR count). The molecule has 1 N–H and O–H groups in total. The van der Waals surface area contributed by atoms with Crippen LogP contribution in [0.1, 0.15) is 57.3 Å². The molecular weight excluding hydrogens is 457 g/mol. The lowest BCUT2D eigenvalue weighted by Gasteiger charge is -2.31. The van der Waals surface area contributed by atoms with Gasteiger partial charge in [0.15, 0.2) is 0 Å². The molecule has 178 valence electrons. The van der Waals surface area contributed by atoms with E-state index in [0.29, 0.717) is 6.54 Å². The largest absolute Gasteiger partial charge is 0.322 e. The summed E-state index contributed by atoms with van der Waals surface area (Å²) in [7, 11) is 0. The number of nitrogens with zero attached hydrogens (tertiary/aromatic N) is 2. The first-order valence-corrected chi connectivity index (χ1v) is 13.0. The third-order valence-electron chi connectivity index (χ3n) is 7.10. The number of nitrogens with one attached hydrogen (secondary N) is 1. The number of thiophene rings is 1. The third kappa shape index (κ3) is 3.96. The minimum absolute atomic E-state index is 0.152. The highest BCUT2D eigenvalue weighted by Crippen LogP contribution is 2.44. The van der Waals surface area contributed by atoms with Crippen LogP contribution in [0.25, 0.3) is 5.00 Å². The lowest BCUT2D eigenvalue weighted by Crippen LogP contribution is -2.38. The van der Waals surface area contributed by atoms with E-state index in [1.807, 2.05) is 48.3 Å². The average Bonchev–Trinajstić information content (AvgIpc) is 3.41. The molecule has 0 saturated carbocycles. The SMILES string of the molecule is Cc1cc(C)cc(NC(=O)N2Cc3c(sc4c3CCCC4)-n3cccc3C2c2ccc(F)cc2)c1. The first-order chi connectivity index (χ1) is 17.0. The van der Waals surface area contributed by atoms with Gasteiger partial charge in [-0.2, -0.15) is 0 Å². The van der Waals surface area contributed by atoms with Crippen LogP contribution in [0, 0.1) is 19.7 Å². The van der Waals surface area contributed by atoms with Gasteiger partial charge in [-0.15, -0.1) is 11.3 Å². The zero-order valence-corrected chi connectivity index (χ0v) is 20.8. The molecule has 35 heavy (non-hydrogen) atoms. The van der Waals surface area contributed by atoms with Crippen LogP contribution in [0.3, 0.4) is 0 Å². The number of carbonyl (C=O) groups is 1. The second kappa shape index (κ2) is 8.68. The molecule has 1 unspecified atom stereocenters. The van der Waals surface area contributed by atoms with Gasteiger partial charge in [0.05, 0.1) is 18.3 Å². The average molecular weight is 486 g/mol. The Kier molecular flexibility index (Phi) is 5.49. The predicted octanol–water partition coefficient (Wildman–Crippen LogP) is 7.31. The van der Waals surface area contributed by atoms with Crippen molar-refractivity contribution < 1.29 is 9.18 Å². The van der Waals surface area contributed by atoms with E-state index in [1.165, 1.54) is 46.0 Å². The fourth-order valence-corrected chi connectivity index (χ4v) is 7.03. The Balaban J connectivity index is 1.49. The number of hydrogen-bond donors (Lipinski definition) is 1. The Hall–Kier alpha value is -3.38. The Labute approximate surface area is 209 Å². The zero-order chi connectivity index (χ0) is 24.1. The molecular formula is C29H28FN3OS. The van der Waals surface area contributed by atoms with Gasteiger partial charge >= 0.3 is 6.03 Å². The summed E-state index contributed by atoms with van der Waals surface area (Å²) in [6, 6.07) is 16.3. The maximum atomic E-state index is 14.0. The van der Waals surface area contributed by atoms with Crippen molar-refractivity contribution >= 4 is 23.1 Å². The molecule has 3 heterocycles. The maximum absolute atomic E-state index is 14.0. The molecule has 1 aliphatic carbocycles. The smallest absolute Gasteiger partial charge is 0.310 e. The molecule has 2 aromatic heterocycles. The van der Waals surface area contributed by atoms with E-state index in [1.54, 1.807) is 12.1 Å². The molecule has 2 amide bonds. The number of rotatable bonds is 2. The topological polar surface area (TPSA) is 37.3 Å². The van der Waals surface area contributed by atoms with Crippen molar-refractivity contribution in [2.45, 2.75) is 52.1 Å². The summed E-state index contributed by atoms with van der Waals surface area (Å²) in [5.41, 5.74) is 7.58.